The van der Waals surface area contributed by atoms with Crippen LogP contribution < -0.4 is 10.2 Å². The number of aryl methyl sites for hydroxylation is 1. The molecule has 10 nitrogen and oxygen atoms in total. The number of halogens is 2. The number of aromatic nitrogens is 2. The molecule has 0 radical (unpaired) electrons. The number of nitrogens with one attached hydrogen (secondary N) is 2. The molecule has 2 aromatic rings. The van der Waals surface area contributed by atoms with Crippen LogP contribution in [0.5, 0.6) is 0 Å². The van der Waals surface area contributed by atoms with Crippen molar-refractivity contribution in [2.24, 2.45) is 0 Å². The minimum absolute atomic E-state index is 0.0579. The third-order valence-corrected chi connectivity index (χ3v) is 7.88. The largest absolute Gasteiger partial charge is 0.462 e. The molecule has 1 amide bonds. The van der Waals surface area contributed by atoms with Crippen molar-refractivity contribution < 1.29 is 28.6 Å². The number of H-pyrrole nitrogens is 1. The number of piperidine rings is 1. The molecule has 1 aliphatic heterocycles. The van der Waals surface area contributed by atoms with Crippen molar-refractivity contribution in [2.75, 3.05) is 38.3 Å². The summed E-state index contributed by atoms with van der Waals surface area (Å²) in [5, 5.41) is 3.94. The molecule has 0 saturated carbocycles. The molecule has 0 spiro atoms. The van der Waals surface area contributed by atoms with E-state index in [1.807, 2.05) is 11.8 Å². The van der Waals surface area contributed by atoms with E-state index in [-0.39, 0.29) is 41.8 Å². The van der Waals surface area contributed by atoms with E-state index in [1.165, 1.54) is 0 Å². The second-order valence-electron chi connectivity index (χ2n) is 7.76. The van der Waals surface area contributed by atoms with Crippen LogP contribution in [-0.4, -0.2) is 73.4 Å². The smallest absolute Gasteiger partial charge is 0.358 e. The maximum absolute atomic E-state index is 12.9. The Hall–Kier alpha value is -1.90. The van der Waals surface area contributed by atoms with Gasteiger partial charge in [0.05, 0.1) is 30.4 Å². The molecule has 192 valence electrons. The number of nitrogens with zero attached hydrogens (tertiary/aromatic N) is 2. The van der Waals surface area contributed by atoms with E-state index >= 15 is 0 Å². The number of esters is 2. The summed E-state index contributed by atoms with van der Waals surface area (Å²) in [6, 6.07) is -0.263. The van der Waals surface area contributed by atoms with Crippen molar-refractivity contribution in [3.8, 4) is 0 Å². The number of amides is 1. The minimum Gasteiger partial charge on any atom is -0.462 e. The maximum atomic E-state index is 12.9. The fraction of sp³-hybridized carbons (Fsp3) is 0.545. The molecule has 1 saturated heterocycles. The van der Waals surface area contributed by atoms with Crippen molar-refractivity contribution in [2.45, 2.75) is 43.8 Å². The quantitative estimate of drug-likeness (QED) is 0.242. The number of methoxy groups -OCH3 is 1. The Morgan fingerprint density at radius 3 is 2.54 bits per heavy atom. The normalized spacial score (nSPS) is 17.8. The van der Waals surface area contributed by atoms with Crippen LogP contribution in [-0.2, 0) is 18.6 Å². The zero-order chi connectivity index (χ0) is 25.7. The summed E-state index contributed by atoms with van der Waals surface area (Å²) in [4.78, 5) is 47.2. The highest BCUT2D eigenvalue weighted by atomic mass is 127. The van der Waals surface area contributed by atoms with E-state index in [1.54, 1.807) is 21.0 Å². The highest BCUT2D eigenvalue weighted by molar-refractivity contribution is 14.1. The third-order valence-electron chi connectivity index (χ3n) is 5.60. The number of rotatable bonds is 9. The SMILES string of the molecule is CCOC(=O)c1nc(N2CCC(NC(=O)c3[nH]c(C)c(CI)c3Cl)C(OC)C2)sc1C(=O)OCC. The number of anilines is 1. The van der Waals surface area contributed by atoms with Gasteiger partial charge in [0.2, 0.25) is 0 Å². The molecule has 2 N–H and O–H groups in total. The fourth-order valence-electron chi connectivity index (χ4n) is 3.80. The van der Waals surface area contributed by atoms with Crippen molar-refractivity contribution in [1.82, 2.24) is 15.3 Å². The molecular weight excluding hydrogens is 611 g/mol. The zero-order valence-corrected chi connectivity index (χ0v) is 23.6. The topological polar surface area (TPSA) is 123 Å². The van der Waals surface area contributed by atoms with Gasteiger partial charge in [0.25, 0.3) is 5.91 Å². The molecule has 2 aromatic heterocycles. The molecule has 0 aliphatic carbocycles. The van der Waals surface area contributed by atoms with E-state index in [2.05, 4.69) is 37.9 Å². The van der Waals surface area contributed by atoms with Gasteiger partial charge in [0.1, 0.15) is 10.6 Å². The Morgan fingerprint density at radius 1 is 1.26 bits per heavy atom. The lowest BCUT2D eigenvalue weighted by Crippen LogP contribution is -2.55. The maximum Gasteiger partial charge on any atom is 0.358 e. The minimum atomic E-state index is -0.674. The highest BCUT2D eigenvalue weighted by Crippen LogP contribution is 2.31. The molecule has 13 heteroatoms. The molecule has 35 heavy (non-hydrogen) atoms. The Bertz CT molecular complexity index is 1050. The average Bonchev–Trinajstić information content (AvgIpc) is 3.40. The standard InChI is InChI=1S/C22H28ClIN4O6S/c1-5-33-20(30)17-18(21(31)34-6-2)35-22(27-17)28-8-7-13(14(10-28)32-4)26-19(29)16-15(23)12(9-24)11(3)25-16/h13-14,25H,5-10H2,1-4H3,(H,26,29). The van der Waals surface area contributed by atoms with E-state index in [0.29, 0.717) is 39.8 Å². The summed E-state index contributed by atoms with van der Waals surface area (Å²) < 4.78 is 16.5. The number of ether oxygens (including phenoxy) is 3. The van der Waals surface area contributed by atoms with Gasteiger partial charge in [0.15, 0.2) is 10.8 Å². The van der Waals surface area contributed by atoms with Gasteiger partial charge in [0, 0.05) is 35.9 Å². The first kappa shape index (κ1) is 27.7. The van der Waals surface area contributed by atoms with Gasteiger partial charge in [-0.1, -0.05) is 45.5 Å². The zero-order valence-electron chi connectivity index (χ0n) is 19.9. The lowest BCUT2D eigenvalue weighted by Gasteiger charge is -2.37. The van der Waals surface area contributed by atoms with Crippen LogP contribution in [0.15, 0.2) is 0 Å². The molecule has 3 heterocycles. The van der Waals surface area contributed by atoms with E-state index < -0.39 is 11.9 Å². The molecule has 1 aliphatic rings. The summed E-state index contributed by atoms with van der Waals surface area (Å²) in [6.45, 7) is 6.52. The summed E-state index contributed by atoms with van der Waals surface area (Å²) in [6.07, 6.45) is 0.205. The Kier molecular flexibility index (Phi) is 9.78. The number of alkyl halides is 1. The van der Waals surface area contributed by atoms with E-state index in [0.717, 1.165) is 22.6 Å². The van der Waals surface area contributed by atoms with Crippen LogP contribution in [0.25, 0.3) is 0 Å². The number of aromatic amines is 1. The molecule has 0 bridgehead atoms. The van der Waals surface area contributed by atoms with Gasteiger partial charge in [-0.15, -0.1) is 0 Å². The van der Waals surface area contributed by atoms with Crippen LogP contribution in [0.4, 0.5) is 5.13 Å². The van der Waals surface area contributed by atoms with Crippen LogP contribution in [0, 0.1) is 6.92 Å². The lowest BCUT2D eigenvalue weighted by atomic mass is 10.0. The highest BCUT2D eigenvalue weighted by Gasteiger charge is 2.35. The first-order valence-corrected chi connectivity index (χ1v) is 13.8. The lowest BCUT2D eigenvalue weighted by molar-refractivity contribution is 0.0478. The van der Waals surface area contributed by atoms with Crippen molar-refractivity contribution >= 4 is 68.5 Å². The third kappa shape index (κ3) is 6.09. The molecule has 2 atom stereocenters. The summed E-state index contributed by atoms with van der Waals surface area (Å²) in [5.74, 6) is -1.58. The number of carbonyl (C=O) groups excluding carboxylic acids is 3. The van der Waals surface area contributed by atoms with Crippen molar-refractivity contribution in [3.63, 3.8) is 0 Å². The summed E-state index contributed by atoms with van der Waals surface area (Å²) >= 11 is 9.70. The van der Waals surface area contributed by atoms with Crippen LogP contribution in [0.1, 0.15) is 62.2 Å². The van der Waals surface area contributed by atoms with Crippen LogP contribution in [0.3, 0.4) is 0 Å². The molecular formula is C22H28ClIN4O6S. The van der Waals surface area contributed by atoms with Crippen LogP contribution in [0.2, 0.25) is 5.02 Å². The monoisotopic (exact) mass is 638 g/mol. The van der Waals surface area contributed by atoms with Crippen molar-refractivity contribution in [3.05, 3.63) is 32.5 Å². The molecule has 3 rings (SSSR count). The number of hydrogen-bond donors (Lipinski definition) is 2. The van der Waals surface area contributed by atoms with Gasteiger partial charge in [-0.05, 0) is 27.2 Å². The summed E-state index contributed by atoms with van der Waals surface area (Å²) in [5.41, 5.74) is 2.06. The van der Waals surface area contributed by atoms with Gasteiger partial charge < -0.3 is 29.4 Å². The fourth-order valence-corrected chi connectivity index (χ4v) is 6.30. The van der Waals surface area contributed by atoms with Crippen LogP contribution >= 0.6 is 45.5 Å². The predicted octanol–water partition coefficient (Wildman–Crippen LogP) is 3.75. The van der Waals surface area contributed by atoms with Gasteiger partial charge >= 0.3 is 11.9 Å². The second kappa shape index (κ2) is 12.4. The van der Waals surface area contributed by atoms with E-state index in [4.69, 9.17) is 25.8 Å². The average molecular weight is 639 g/mol. The predicted molar refractivity (Wildman–Crippen MR) is 141 cm³/mol. The number of carbonyl (C=O) groups is 3. The molecule has 2 unspecified atom stereocenters. The molecule has 0 aromatic carbocycles. The summed E-state index contributed by atoms with van der Waals surface area (Å²) in [7, 11) is 1.57. The van der Waals surface area contributed by atoms with E-state index in [9.17, 15) is 14.4 Å². The van der Waals surface area contributed by atoms with Gasteiger partial charge in [-0.3, -0.25) is 4.79 Å². The Balaban J connectivity index is 1.76. The van der Waals surface area contributed by atoms with Gasteiger partial charge in [-0.2, -0.15) is 0 Å². The first-order valence-electron chi connectivity index (χ1n) is 11.1. The number of thiazole rings is 1. The first-order chi connectivity index (χ1) is 16.7. The Morgan fingerprint density at radius 2 is 1.94 bits per heavy atom. The Labute approximate surface area is 226 Å². The second-order valence-corrected chi connectivity index (χ2v) is 9.87. The molecule has 1 fully saturated rings. The van der Waals surface area contributed by atoms with Crippen molar-refractivity contribution in [1.29, 1.82) is 0 Å². The van der Waals surface area contributed by atoms with Gasteiger partial charge in [-0.25, -0.2) is 14.6 Å². The number of hydrogen-bond acceptors (Lipinski definition) is 9.